The van der Waals surface area contributed by atoms with Crippen LogP contribution in [0.1, 0.15) is 57.8 Å². The lowest BCUT2D eigenvalue weighted by molar-refractivity contribution is -0.0460. The normalized spacial score (nSPS) is 52.9. The highest BCUT2D eigenvalue weighted by molar-refractivity contribution is 5.26. The van der Waals surface area contributed by atoms with Crippen molar-refractivity contribution in [2.75, 3.05) is 0 Å². The molecular weight excluding hydrogens is 184 g/mol. The molecule has 0 spiro atoms. The number of aliphatic hydroxyl groups is 1. The Morgan fingerprint density at radius 1 is 1.07 bits per heavy atom. The summed E-state index contributed by atoms with van der Waals surface area (Å²) in [4.78, 5) is 0. The fraction of sp³-hybridized carbons (Fsp3) is 0.857. The zero-order valence-corrected chi connectivity index (χ0v) is 9.60. The third-order valence-electron chi connectivity index (χ3n) is 5.66. The van der Waals surface area contributed by atoms with Crippen molar-refractivity contribution >= 4 is 0 Å². The molecule has 84 valence electrons. The highest BCUT2D eigenvalue weighted by Gasteiger charge is 2.76. The molecule has 0 saturated heterocycles. The van der Waals surface area contributed by atoms with Crippen LogP contribution in [0.2, 0.25) is 0 Å². The number of rotatable bonds is 2. The van der Waals surface area contributed by atoms with Gasteiger partial charge in [-0.1, -0.05) is 25.3 Å². The Morgan fingerprint density at radius 3 is 2.60 bits per heavy atom. The predicted molar refractivity (Wildman–Crippen MR) is 61.6 cm³/mol. The molecule has 0 aromatic rings. The maximum atomic E-state index is 10.9. The standard InChI is InChI=1S/C14H22O/c1-2-6-14(15)10-4-3-7-12-8-5-9-13(12,14)11-12/h2,15H,1,3-11H2/t12-,13-,14?/m1/s1. The molecule has 3 fully saturated rings. The molecule has 3 rings (SSSR count). The van der Waals surface area contributed by atoms with Crippen LogP contribution < -0.4 is 0 Å². The minimum Gasteiger partial charge on any atom is -0.389 e. The van der Waals surface area contributed by atoms with Gasteiger partial charge < -0.3 is 5.11 Å². The minimum atomic E-state index is -0.401. The summed E-state index contributed by atoms with van der Waals surface area (Å²) >= 11 is 0. The van der Waals surface area contributed by atoms with Crippen molar-refractivity contribution in [3.8, 4) is 0 Å². The van der Waals surface area contributed by atoms with Gasteiger partial charge in [0, 0.05) is 5.41 Å². The van der Waals surface area contributed by atoms with E-state index in [2.05, 4.69) is 6.58 Å². The van der Waals surface area contributed by atoms with Crippen molar-refractivity contribution < 1.29 is 5.11 Å². The van der Waals surface area contributed by atoms with Gasteiger partial charge in [0.2, 0.25) is 0 Å². The molecule has 1 unspecified atom stereocenters. The molecule has 1 heteroatoms. The molecule has 0 aromatic heterocycles. The molecule has 0 aliphatic heterocycles. The lowest BCUT2D eigenvalue weighted by atomic mass is 9.75. The van der Waals surface area contributed by atoms with Gasteiger partial charge in [0.25, 0.3) is 0 Å². The van der Waals surface area contributed by atoms with Crippen molar-refractivity contribution in [2.45, 2.75) is 63.4 Å². The molecule has 15 heavy (non-hydrogen) atoms. The summed E-state index contributed by atoms with van der Waals surface area (Å²) in [6, 6.07) is 0. The largest absolute Gasteiger partial charge is 0.389 e. The second-order valence-electron chi connectivity index (χ2n) is 6.12. The molecule has 0 aromatic carbocycles. The Hall–Kier alpha value is -0.300. The fourth-order valence-electron chi connectivity index (χ4n) is 4.94. The highest BCUT2D eigenvalue weighted by atomic mass is 16.3. The summed E-state index contributed by atoms with van der Waals surface area (Å²) < 4.78 is 0. The van der Waals surface area contributed by atoms with Gasteiger partial charge >= 0.3 is 0 Å². The van der Waals surface area contributed by atoms with Gasteiger partial charge in [-0.2, -0.15) is 0 Å². The zero-order valence-electron chi connectivity index (χ0n) is 9.60. The summed E-state index contributed by atoms with van der Waals surface area (Å²) in [6.07, 6.45) is 13.0. The molecule has 0 bridgehead atoms. The van der Waals surface area contributed by atoms with Gasteiger partial charge in [-0.25, -0.2) is 0 Å². The number of hydrogen-bond donors (Lipinski definition) is 1. The van der Waals surface area contributed by atoms with E-state index in [1.165, 1.54) is 44.9 Å². The van der Waals surface area contributed by atoms with E-state index in [1.54, 1.807) is 0 Å². The van der Waals surface area contributed by atoms with Crippen LogP contribution in [0.25, 0.3) is 0 Å². The first-order valence-electron chi connectivity index (χ1n) is 6.51. The Labute approximate surface area is 92.6 Å². The van der Waals surface area contributed by atoms with Crippen molar-refractivity contribution in [3.05, 3.63) is 12.7 Å². The Balaban J connectivity index is 1.97. The summed E-state index contributed by atoms with van der Waals surface area (Å²) in [5.41, 5.74) is 0.466. The van der Waals surface area contributed by atoms with Gasteiger partial charge in [0.1, 0.15) is 0 Å². The van der Waals surface area contributed by atoms with E-state index < -0.39 is 5.60 Å². The van der Waals surface area contributed by atoms with E-state index in [1.807, 2.05) is 6.08 Å². The molecule has 3 aliphatic carbocycles. The van der Waals surface area contributed by atoms with E-state index >= 15 is 0 Å². The average Bonchev–Trinajstić information content (AvgIpc) is 2.74. The van der Waals surface area contributed by atoms with Crippen LogP contribution in [-0.4, -0.2) is 10.7 Å². The minimum absolute atomic E-state index is 0.310. The zero-order chi connectivity index (χ0) is 10.6. The SMILES string of the molecule is C=CCC1(O)CCCC[C@]23CCC[C@]12C3. The van der Waals surface area contributed by atoms with E-state index in [0.717, 1.165) is 12.8 Å². The van der Waals surface area contributed by atoms with Crippen LogP contribution >= 0.6 is 0 Å². The Kier molecular flexibility index (Phi) is 1.90. The van der Waals surface area contributed by atoms with Gasteiger partial charge in [-0.05, 0) is 43.9 Å². The summed E-state index contributed by atoms with van der Waals surface area (Å²) in [5.74, 6) is 0. The summed E-state index contributed by atoms with van der Waals surface area (Å²) in [7, 11) is 0. The first-order chi connectivity index (χ1) is 7.18. The van der Waals surface area contributed by atoms with Gasteiger partial charge in [-0.15, -0.1) is 6.58 Å². The Morgan fingerprint density at radius 2 is 1.80 bits per heavy atom. The lowest BCUT2D eigenvalue weighted by Gasteiger charge is -2.36. The molecule has 1 nitrogen and oxygen atoms in total. The number of hydrogen-bond acceptors (Lipinski definition) is 1. The fourth-order valence-corrected chi connectivity index (χ4v) is 4.94. The van der Waals surface area contributed by atoms with E-state index in [-0.39, 0.29) is 0 Å². The topological polar surface area (TPSA) is 20.2 Å². The monoisotopic (exact) mass is 206 g/mol. The maximum absolute atomic E-state index is 10.9. The first kappa shape index (κ1) is 9.89. The maximum Gasteiger partial charge on any atom is 0.0743 e. The molecule has 1 N–H and O–H groups in total. The van der Waals surface area contributed by atoms with E-state index in [9.17, 15) is 5.11 Å². The molecule has 3 saturated carbocycles. The molecular formula is C14H22O. The molecule has 0 amide bonds. The second-order valence-corrected chi connectivity index (χ2v) is 6.12. The smallest absolute Gasteiger partial charge is 0.0743 e. The average molecular weight is 206 g/mol. The van der Waals surface area contributed by atoms with Crippen LogP contribution in [0.15, 0.2) is 12.7 Å². The van der Waals surface area contributed by atoms with Crippen molar-refractivity contribution in [2.24, 2.45) is 10.8 Å². The molecule has 0 radical (unpaired) electrons. The van der Waals surface area contributed by atoms with Crippen LogP contribution in [0.4, 0.5) is 0 Å². The van der Waals surface area contributed by atoms with Gasteiger partial charge in [0.15, 0.2) is 0 Å². The first-order valence-corrected chi connectivity index (χ1v) is 6.51. The predicted octanol–water partition coefficient (Wildman–Crippen LogP) is 3.43. The van der Waals surface area contributed by atoms with Crippen molar-refractivity contribution in [3.63, 3.8) is 0 Å². The Bertz CT molecular complexity index is 298. The second kappa shape index (κ2) is 2.88. The summed E-state index contributed by atoms with van der Waals surface area (Å²) in [5, 5.41) is 10.9. The van der Waals surface area contributed by atoms with Crippen LogP contribution in [0, 0.1) is 10.8 Å². The van der Waals surface area contributed by atoms with Crippen molar-refractivity contribution in [1.82, 2.24) is 0 Å². The van der Waals surface area contributed by atoms with Crippen molar-refractivity contribution in [1.29, 1.82) is 0 Å². The highest BCUT2D eigenvalue weighted by Crippen LogP contribution is 2.81. The van der Waals surface area contributed by atoms with E-state index in [4.69, 9.17) is 0 Å². The molecule has 3 aliphatic rings. The molecule has 3 atom stereocenters. The summed E-state index contributed by atoms with van der Waals surface area (Å²) in [6.45, 7) is 3.83. The van der Waals surface area contributed by atoms with Crippen LogP contribution in [0.5, 0.6) is 0 Å². The lowest BCUT2D eigenvalue weighted by Crippen LogP contribution is -2.40. The van der Waals surface area contributed by atoms with Gasteiger partial charge in [-0.3, -0.25) is 0 Å². The third-order valence-corrected chi connectivity index (χ3v) is 5.66. The van der Waals surface area contributed by atoms with E-state index in [0.29, 0.717) is 10.8 Å². The third kappa shape index (κ3) is 1.03. The molecule has 0 heterocycles. The van der Waals surface area contributed by atoms with Gasteiger partial charge in [0.05, 0.1) is 5.60 Å². The van der Waals surface area contributed by atoms with Crippen LogP contribution in [0.3, 0.4) is 0 Å². The quantitative estimate of drug-likeness (QED) is 0.686. The van der Waals surface area contributed by atoms with Crippen LogP contribution in [-0.2, 0) is 0 Å².